The van der Waals surface area contributed by atoms with Crippen molar-refractivity contribution in [1.29, 1.82) is 0 Å². The van der Waals surface area contributed by atoms with Gasteiger partial charge in [0.2, 0.25) is 0 Å². The quantitative estimate of drug-likeness (QED) is 0.212. The van der Waals surface area contributed by atoms with Crippen LogP contribution < -0.4 is 0 Å². The summed E-state index contributed by atoms with van der Waals surface area (Å²) in [4.78, 5) is 7.27. The van der Waals surface area contributed by atoms with Gasteiger partial charge in [0.25, 0.3) is 0 Å². The first-order valence-corrected chi connectivity index (χ1v) is 11.7. The Hall–Kier alpha value is -2.29. The summed E-state index contributed by atoms with van der Waals surface area (Å²) in [6, 6.07) is 15.7. The van der Waals surface area contributed by atoms with E-state index in [4.69, 9.17) is 0 Å². The van der Waals surface area contributed by atoms with Gasteiger partial charge in [0.1, 0.15) is 6.54 Å². The van der Waals surface area contributed by atoms with Crippen molar-refractivity contribution in [2.75, 3.05) is 18.8 Å². The van der Waals surface area contributed by atoms with Crippen molar-refractivity contribution in [3.8, 4) is 11.1 Å². The first-order valence-electron chi connectivity index (χ1n) is 10.7. The van der Waals surface area contributed by atoms with Crippen LogP contribution in [-0.2, 0) is 5.41 Å². The summed E-state index contributed by atoms with van der Waals surface area (Å²) in [7, 11) is 0. The highest BCUT2D eigenvalue weighted by Crippen LogP contribution is 2.51. The van der Waals surface area contributed by atoms with Crippen LogP contribution in [0, 0.1) is 0 Å². The predicted octanol–water partition coefficient (Wildman–Crippen LogP) is 6.28. The van der Waals surface area contributed by atoms with Gasteiger partial charge in [-0.15, -0.1) is 0 Å². The number of hydroxylamine groups is 2. The molecule has 4 rings (SSSR count). The van der Waals surface area contributed by atoms with Crippen LogP contribution in [0.1, 0.15) is 36.8 Å². The van der Waals surface area contributed by atoms with Gasteiger partial charge in [-0.05, 0) is 35.1 Å². The maximum Gasteiger partial charge on any atom is 0.403 e. The van der Waals surface area contributed by atoms with E-state index in [-0.39, 0.29) is 6.54 Å². The number of benzene rings is 2. The Morgan fingerprint density at radius 3 is 2.22 bits per heavy atom. The average Bonchev–Trinajstić information content (AvgIpc) is 3.36. The molecule has 0 spiro atoms. The number of rotatable bonds is 10. The topological polar surface area (TPSA) is 52.1 Å². The number of aromatic amines is 1. The molecule has 8 heteroatoms. The fourth-order valence-corrected chi connectivity index (χ4v) is 5.54. The SMILES string of the molecule is ON(CC(F)(F)F)CC1(CCCCCSc2ncc[nH]2)c2ccccc2-c2ccccc21. The largest absolute Gasteiger partial charge is 0.403 e. The molecule has 0 saturated heterocycles. The minimum absolute atomic E-state index is 0.0956. The summed E-state index contributed by atoms with van der Waals surface area (Å²) in [5, 5.41) is 11.6. The van der Waals surface area contributed by atoms with E-state index < -0.39 is 18.1 Å². The van der Waals surface area contributed by atoms with Crippen molar-refractivity contribution in [2.45, 2.75) is 42.4 Å². The lowest BCUT2D eigenvalue weighted by Crippen LogP contribution is -2.43. The molecule has 0 fully saturated rings. The van der Waals surface area contributed by atoms with Crippen LogP contribution in [0.4, 0.5) is 13.2 Å². The lowest BCUT2D eigenvalue weighted by molar-refractivity contribution is -0.212. The maximum absolute atomic E-state index is 13.0. The monoisotopic (exact) mass is 461 g/mol. The smallest absolute Gasteiger partial charge is 0.340 e. The Morgan fingerprint density at radius 1 is 0.969 bits per heavy atom. The van der Waals surface area contributed by atoms with Crippen LogP contribution in [-0.4, -0.2) is 45.3 Å². The molecular formula is C24H26F3N3OS. The lowest BCUT2D eigenvalue weighted by Gasteiger charge is -2.35. The molecule has 0 saturated carbocycles. The zero-order valence-electron chi connectivity index (χ0n) is 17.6. The van der Waals surface area contributed by atoms with E-state index in [1.165, 1.54) is 0 Å². The van der Waals surface area contributed by atoms with Gasteiger partial charge in [0, 0.05) is 30.1 Å². The molecule has 1 aliphatic carbocycles. The van der Waals surface area contributed by atoms with Crippen molar-refractivity contribution >= 4 is 11.8 Å². The van der Waals surface area contributed by atoms with E-state index in [0.29, 0.717) is 11.5 Å². The summed E-state index contributed by atoms with van der Waals surface area (Å²) in [5.74, 6) is 0.924. The van der Waals surface area contributed by atoms with E-state index in [2.05, 4.69) is 9.97 Å². The second-order valence-electron chi connectivity index (χ2n) is 8.16. The second-order valence-corrected chi connectivity index (χ2v) is 9.25. The van der Waals surface area contributed by atoms with Gasteiger partial charge >= 0.3 is 6.18 Å². The Morgan fingerprint density at radius 2 is 1.62 bits per heavy atom. The normalized spacial score (nSPS) is 14.5. The molecule has 1 heterocycles. The number of halogens is 3. The Bertz CT molecular complexity index is 978. The molecular weight excluding hydrogens is 435 g/mol. The van der Waals surface area contributed by atoms with Crippen LogP contribution in [0.2, 0.25) is 0 Å². The molecule has 0 amide bonds. The molecule has 1 aliphatic rings. The number of imidazole rings is 1. The first kappa shape index (κ1) is 22.9. The fourth-order valence-electron chi connectivity index (χ4n) is 4.71. The average molecular weight is 462 g/mol. The van der Waals surface area contributed by atoms with E-state index in [1.807, 2.05) is 48.5 Å². The van der Waals surface area contributed by atoms with E-state index in [1.54, 1.807) is 24.2 Å². The summed E-state index contributed by atoms with van der Waals surface area (Å²) < 4.78 is 39.0. The number of aromatic nitrogens is 2. The van der Waals surface area contributed by atoms with Gasteiger partial charge in [0.15, 0.2) is 5.16 Å². The molecule has 3 aromatic rings. The maximum atomic E-state index is 13.0. The lowest BCUT2D eigenvalue weighted by atomic mass is 9.74. The number of hydrogen-bond acceptors (Lipinski definition) is 4. The van der Waals surface area contributed by atoms with Gasteiger partial charge in [-0.25, -0.2) is 4.98 Å². The van der Waals surface area contributed by atoms with Crippen molar-refractivity contribution in [2.24, 2.45) is 0 Å². The molecule has 32 heavy (non-hydrogen) atoms. The number of hydrogen-bond donors (Lipinski definition) is 2. The van der Waals surface area contributed by atoms with E-state index in [0.717, 1.165) is 52.4 Å². The molecule has 0 aliphatic heterocycles. The van der Waals surface area contributed by atoms with Crippen LogP contribution in [0.5, 0.6) is 0 Å². The van der Waals surface area contributed by atoms with Crippen molar-refractivity contribution in [3.05, 3.63) is 72.1 Å². The van der Waals surface area contributed by atoms with Crippen LogP contribution >= 0.6 is 11.8 Å². The summed E-state index contributed by atoms with van der Waals surface area (Å²) in [6.45, 7) is -1.44. The number of alkyl halides is 3. The third-order valence-corrected chi connectivity index (χ3v) is 6.94. The molecule has 2 N–H and O–H groups in total. The molecule has 0 bridgehead atoms. The zero-order chi connectivity index (χ0) is 22.6. The number of unbranched alkanes of at least 4 members (excludes halogenated alkanes) is 2. The molecule has 170 valence electrons. The van der Waals surface area contributed by atoms with Crippen molar-refractivity contribution in [3.63, 3.8) is 0 Å². The molecule has 0 radical (unpaired) electrons. The van der Waals surface area contributed by atoms with Gasteiger partial charge < -0.3 is 10.2 Å². The summed E-state index contributed by atoms with van der Waals surface area (Å²) in [5.41, 5.74) is 3.38. The fraction of sp³-hybridized carbons (Fsp3) is 0.375. The first-order chi connectivity index (χ1) is 15.4. The zero-order valence-corrected chi connectivity index (χ0v) is 18.4. The van der Waals surface area contributed by atoms with E-state index in [9.17, 15) is 18.4 Å². The number of H-pyrrole nitrogens is 1. The molecule has 0 unspecified atom stereocenters. The number of fused-ring (bicyclic) bond motifs is 3. The highest BCUT2D eigenvalue weighted by Gasteiger charge is 2.45. The third-order valence-electron chi connectivity index (χ3n) is 5.95. The van der Waals surface area contributed by atoms with Crippen molar-refractivity contribution in [1.82, 2.24) is 15.0 Å². The third kappa shape index (κ3) is 5.03. The van der Waals surface area contributed by atoms with Gasteiger partial charge in [-0.3, -0.25) is 0 Å². The second kappa shape index (κ2) is 9.68. The van der Waals surface area contributed by atoms with Gasteiger partial charge in [-0.1, -0.05) is 73.1 Å². The summed E-state index contributed by atoms with van der Waals surface area (Å²) >= 11 is 1.66. The predicted molar refractivity (Wildman–Crippen MR) is 120 cm³/mol. The van der Waals surface area contributed by atoms with Gasteiger partial charge in [-0.2, -0.15) is 18.2 Å². The molecule has 1 aromatic heterocycles. The Kier molecular flexibility index (Phi) is 6.93. The van der Waals surface area contributed by atoms with E-state index >= 15 is 0 Å². The standard InChI is InChI=1S/C24H26F3N3OS/c25-24(26,27)17-30(31)16-23(12-6-1-7-15-32-22-28-13-14-29-22)20-10-4-2-8-18(20)19-9-3-5-11-21(19)23/h2-5,8-11,13-14,31H,1,6-7,12,15-17H2,(H,28,29). The molecule has 4 nitrogen and oxygen atoms in total. The molecule has 2 aromatic carbocycles. The van der Waals surface area contributed by atoms with Crippen LogP contribution in [0.25, 0.3) is 11.1 Å². The highest BCUT2D eigenvalue weighted by molar-refractivity contribution is 7.99. The summed E-state index contributed by atoms with van der Waals surface area (Å²) in [6.07, 6.45) is 2.51. The minimum atomic E-state index is -4.46. The molecule has 0 atom stereocenters. The Labute approximate surface area is 189 Å². The number of thioether (sulfide) groups is 1. The number of nitrogens with one attached hydrogen (secondary N) is 1. The minimum Gasteiger partial charge on any atom is -0.340 e. The van der Waals surface area contributed by atoms with Crippen molar-refractivity contribution < 1.29 is 18.4 Å². The van der Waals surface area contributed by atoms with Crippen LogP contribution in [0.3, 0.4) is 0 Å². The number of nitrogens with zero attached hydrogens (tertiary/aromatic N) is 2. The van der Waals surface area contributed by atoms with Gasteiger partial charge in [0.05, 0.1) is 0 Å². The Balaban J connectivity index is 1.53. The van der Waals surface area contributed by atoms with Crippen LogP contribution in [0.15, 0.2) is 66.1 Å². The highest BCUT2D eigenvalue weighted by atomic mass is 32.2.